The summed E-state index contributed by atoms with van der Waals surface area (Å²) in [6.45, 7) is 0.240. The van der Waals surface area contributed by atoms with Crippen molar-refractivity contribution in [2.45, 2.75) is 6.61 Å². The summed E-state index contributed by atoms with van der Waals surface area (Å²) < 4.78 is 4.91. The van der Waals surface area contributed by atoms with Gasteiger partial charge in [-0.25, -0.2) is 4.79 Å². The predicted octanol–water partition coefficient (Wildman–Crippen LogP) is 3.26. The molecule has 1 N–H and O–H groups in total. The summed E-state index contributed by atoms with van der Waals surface area (Å²) >= 11 is 5.97. The van der Waals surface area contributed by atoms with Crippen LogP contribution in [0.4, 0.5) is 5.69 Å². The van der Waals surface area contributed by atoms with Gasteiger partial charge in [0.15, 0.2) is 0 Å². The van der Waals surface area contributed by atoms with E-state index in [0.717, 1.165) is 5.56 Å². The van der Waals surface area contributed by atoms with Crippen LogP contribution in [0.3, 0.4) is 0 Å². The summed E-state index contributed by atoms with van der Waals surface area (Å²) in [6.07, 6.45) is 0. The molecule has 0 atom stereocenters. The monoisotopic (exact) mass is 287 g/mol. The zero-order chi connectivity index (χ0) is 14.1. The molecule has 20 heavy (non-hydrogen) atoms. The SMILES string of the molecule is O=C(Nc1ccc2c(c1)COC2=O)c1ccccc1Cl. The highest BCUT2D eigenvalue weighted by Gasteiger charge is 2.21. The summed E-state index contributed by atoms with van der Waals surface area (Å²) in [7, 11) is 0. The van der Waals surface area contributed by atoms with Crippen LogP contribution in [0.1, 0.15) is 26.3 Å². The average molecular weight is 288 g/mol. The van der Waals surface area contributed by atoms with Gasteiger partial charge in [0.2, 0.25) is 0 Å². The number of ether oxygens (including phenoxy) is 1. The summed E-state index contributed by atoms with van der Waals surface area (Å²) in [5.74, 6) is -0.621. The molecule has 0 aliphatic carbocycles. The van der Waals surface area contributed by atoms with E-state index in [0.29, 0.717) is 21.8 Å². The maximum atomic E-state index is 12.1. The minimum absolute atomic E-state index is 0.240. The first-order valence-corrected chi connectivity index (χ1v) is 6.39. The smallest absolute Gasteiger partial charge is 0.338 e. The molecular weight excluding hydrogens is 278 g/mol. The number of halogens is 1. The number of nitrogens with one attached hydrogen (secondary N) is 1. The molecule has 0 unspecified atom stereocenters. The average Bonchev–Trinajstić information content (AvgIpc) is 2.80. The highest BCUT2D eigenvalue weighted by molar-refractivity contribution is 6.34. The number of carbonyl (C=O) groups excluding carboxylic acids is 2. The fourth-order valence-electron chi connectivity index (χ4n) is 2.05. The Morgan fingerprint density at radius 1 is 1.20 bits per heavy atom. The molecular formula is C15H10ClNO3. The molecule has 0 spiro atoms. The van der Waals surface area contributed by atoms with E-state index in [9.17, 15) is 9.59 Å². The Bertz CT molecular complexity index is 712. The first-order chi connectivity index (χ1) is 9.65. The largest absolute Gasteiger partial charge is 0.457 e. The van der Waals surface area contributed by atoms with E-state index < -0.39 is 0 Å². The summed E-state index contributed by atoms with van der Waals surface area (Å²) in [5, 5.41) is 3.15. The van der Waals surface area contributed by atoms with Gasteiger partial charge in [-0.15, -0.1) is 0 Å². The van der Waals surface area contributed by atoms with Crippen molar-refractivity contribution in [3.8, 4) is 0 Å². The molecule has 1 aliphatic heterocycles. The lowest BCUT2D eigenvalue weighted by Crippen LogP contribution is -2.12. The fraction of sp³-hybridized carbons (Fsp3) is 0.0667. The fourth-order valence-corrected chi connectivity index (χ4v) is 2.28. The standard InChI is InChI=1S/C15H10ClNO3/c16-13-4-2-1-3-12(13)14(18)17-10-5-6-11-9(7-10)8-20-15(11)19/h1-7H,8H2,(H,17,18). The zero-order valence-electron chi connectivity index (χ0n) is 10.4. The van der Waals surface area contributed by atoms with Crippen LogP contribution in [0, 0.1) is 0 Å². The van der Waals surface area contributed by atoms with Gasteiger partial charge in [-0.1, -0.05) is 23.7 Å². The second-order valence-electron chi connectivity index (χ2n) is 4.38. The highest BCUT2D eigenvalue weighted by Crippen LogP contribution is 2.24. The Morgan fingerprint density at radius 2 is 2.00 bits per heavy atom. The Hall–Kier alpha value is -2.33. The number of hydrogen-bond donors (Lipinski definition) is 1. The molecule has 100 valence electrons. The molecule has 0 saturated heterocycles. The molecule has 0 radical (unpaired) electrons. The maximum Gasteiger partial charge on any atom is 0.338 e. The van der Waals surface area contributed by atoms with Crippen LogP contribution in [0.25, 0.3) is 0 Å². The number of hydrogen-bond acceptors (Lipinski definition) is 3. The molecule has 0 saturated carbocycles. The van der Waals surface area contributed by atoms with Crippen molar-refractivity contribution in [2.75, 3.05) is 5.32 Å². The van der Waals surface area contributed by atoms with E-state index in [2.05, 4.69) is 5.32 Å². The van der Waals surface area contributed by atoms with E-state index in [1.807, 2.05) is 0 Å². The molecule has 1 amide bonds. The summed E-state index contributed by atoms with van der Waals surface area (Å²) in [5.41, 5.74) is 2.32. The first-order valence-electron chi connectivity index (χ1n) is 6.01. The highest BCUT2D eigenvalue weighted by atomic mass is 35.5. The van der Waals surface area contributed by atoms with E-state index in [1.54, 1.807) is 42.5 Å². The van der Waals surface area contributed by atoms with Gasteiger partial charge < -0.3 is 10.1 Å². The number of rotatable bonds is 2. The second-order valence-corrected chi connectivity index (χ2v) is 4.79. The Labute approximate surface area is 120 Å². The van der Waals surface area contributed by atoms with Crippen molar-refractivity contribution in [2.24, 2.45) is 0 Å². The molecule has 0 bridgehead atoms. The number of fused-ring (bicyclic) bond motifs is 1. The molecule has 4 nitrogen and oxygen atoms in total. The zero-order valence-corrected chi connectivity index (χ0v) is 11.1. The lowest BCUT2D eigenvalue weighted by Gasteiger charge is -2.07. The molecule has 0 fully saturated rings. The molecule has 3 rings (SSSR count). The van der Waals surface area contributed by atoms with Crippen molar-refractivity contribution < 1.29 is 14.3 Å². The molecule has 2 aromatic rings. The van der Waals surface area contributed by atoms with Gasteiger partial charge in [0.1, 0.15) is 6.61 Å². The Morgan fingerprint density at radius 3 is 2.80 bits per heavy atom. The quantitative estimate of drug-likeness (QED) is 0.863. The second kappa shape index (κ2) is 4.98. The minimum atomic E-state index is -0.330. The number of benzene rings is 2. The normalized spacial score (nSPS) is 12.8. The van der Waals surface area contributed by atoms with Gasteiger partial charge in [-0.2, -0.15) is 0 Å². The third-order valence-electron chi connectivity index (χ3n) is 3.06. The lowest BCUT2D eigenvalue weighted by atomic mass is 10.1. The summed E-state index contributed by atoms with van der Waals surface area (Å²) in [4.78, 5) is 23.4. The van der Waals surface area contributed by atoms with Crippen LogP contribution in [0.5, 0.6) is 0 Å². The number of esters is 1. The molecule has 0 aromatic heterocycles. The van der Waals surface area contributed by atoms with Crippen LogP contribution in [0.2, 0.25) is 5.02 Å². The minimum Gasteiger partial charge on any atom is -0.457 e. The van der Waals surface area contributed by atoms with Crippen molar-refractivity contribution in [3.05, 3.63) is 64.2 Å². The Balaban J connectivity index is 1.84. The molecule has 5 heteroatoms. The third-order valence-corrected chi connectivity index (χ3v) is 3.39. The van der Waals surface area contributed by atoms with Gasteiger partial charge >= 0.3 is 5.97 Å². The number of cyclic esters (lactones) is 1. The van der Waals surface area contributed by atoms with Crippen LogP contribution in [0.15, 0.2) is 42.5 Å². The predicted molar refractivity (Wildman–Crippen MR) is 75.0 cm³/mol. The lowest BCUT2D eigenvalue weighted by molar-refractivity contribution is 0.0535. The van der Waals surface area contributed by atoms with Crippen molar-refractivity contribution in [1.82, 2.24) is 0 Å². The van der Waals surface area contributed by atoms with Crippen molar-refractivity contribution >= 4 is 29.2 Å². The Kier molecular flexibility index (Phi) is 3.16. The van der Waals surface area contributed by atoms with Crippen LogP contribution < -0.4 is 5.32 Å². The molecule has 1 heterocycles. The van der Waals surface area contributed by atoms with Gasteiger partial charge in [0.05, 0.1) is 16.1 Å². The van der Waals surface area contributed by atoms with E-state index in [1.165, 1.54) is 0 Å². The number of carbonyl (C=O) groups is 2. The van der Waals surface area contributed by atoms with E-state index in [4.69, 9.17) is 16.3 Å². The maximum absolute atomic E-state index is 12.1. The van der Waals surface area contributed by atoms with Crippen LogP contribution >= 0.6 is 11.6 Å². The topological polar surface area (TPSA) is 55.4 Å². The van der Waals surface area contributed by atoms with Gasteiger partial charge in [-0.3, -0.25) is 4.79 Å². The first kappa shape index (κ1) is 12.7. The van der Waals surface area contributed by atoms with Crippen molar-refractivity contribution in [1.29, 1.82) is 0 Å². The molecule has 1 aliphatic rings. The summed E-state index contributed by atoms with van der Waals surface area (Å²) in [6, 6.07) is 11.9. The number of amides is 1. The van der Waals surface area contributed by atoms with Gasteiger partial charge in [0, 0.05) is 11.3 Å². The van der Waals surface area contributed by atoms with E-state index >= 15 is 0 Å². The van der Waals surface area contributed by atoms with Crippen molar-refractivity contribution in [3.63, 3.8) is 0 Å². The van der Waals surface area contributed by atoms with Gasteiger partial charge in [0.25, 0.3) is 5.91 Å². The van der Waals surface area contributed by atoms with Gasteiger partial charge in [-0.05, 0) is 30.3 Å². The third kappa shape index (κ3) is 2.26. The van der Waals surface area contributed by atoms with E-state index in [-0.39, 0.29) is 18.5 Å². The van der Waals surface area contributed by atoms with Crippen LogP contribution in [-0.4, -0.2) is 11.9 Å². The molecule has 2 aromatic carbocycles. The van der Waals surface area contributed by atoms with Crippen LogP contribution in [-0.2, 0) is 11.3 Å². The number of anilines is 1.